The first-order valence-corrected chi connectivity index (χ1v) is 12.9. The third-order valence-corrected chi connectivity index (χ3v) is 7.34. The van der Waals surface area contributed by atoms with Crippen molar-refractivity contribution < 1.29 is 18.3 Å². The van der Waals surface area contributed by atoms with Crippen molar-refractivity contribution in [3.8, 4) is 17.0 Å². The predicted octanol–water partition coefficient (Wildman–Crippen LogP) is 5.61. The van der Waals surface area contributed by atoms with Gasteiger partial charge in [-0.15, -0.1) is 0 Å². The summed E-state index contributed by atoms with van der Waals surface area (Å²) in [6.45, 7) is 5.42. The number of hydrogen-bond donors (Lipinski definition) is 0. The van der Waals surface area contributed by atoms with Crippen LogP contribution in [0.1, 0.15) is 49.6 Å². The Morgan fingerprint density at radius 3 is 2.59 bits per heavy atom. The summed E-state index contributed by atoms with van der Waals surface area (Å²) in [7, 11) is 2.09. The number of halogens is 3. The second-order valence-corrected chi connectivity index (χ2v) is 10.5. The summed E-state index contributed by atoms with van der Waals surface area (Å²) >= 11 is 6.42. The van der Waals surface area contributed by atoms with Gasteiger partial charge < -0.3 is 14.5 Å². The van der Waals surface area contributed by atoms with E-state index in [1.165, 1.54) is 17.2 Å². The van der Waals surface area contributed by atoms with E-state index in [0.29, 0.717) is 29.2 Å². The van der Waals surface area contributed by atoms with E-state index < -0.39 is 5.82 Å². The second kappa shape index (κ2) is 10.3. The molecule has 1 aromatic heterocycles. The van der Waals surface area contributed by atoms with Crippen LogP contribution in [0.4, 0.5) is 14.5 Å². The van der Waals surface area contributed by atoms with Gasteiger partial charge in [0.2, 0.25) is 0 Å². The van der Waals surface area contributed by atoms with Crippen LogP contribution < -0.4 is 9.64 Å². The highest BCUT2D eigenvalue weighted by Crippen LogP contribution is 2.40. The molecule has 9 heteroatoms. The Kier molecular flexibility index (Phi) is 7.14. The highest BCUT2D eigenvalue weighted by molar-refractivity contribution is 6.32. The second-order valence-electron chi connectivity index (χ2n) is 10.0. The average molecular weight is 527 g/mol. The molecule has 1 amide bonds. The average Bonchev–Trinajstić information content (AvgIpc) is 2.85. The Bertz CT molecular complexity index is 1340. The van der Waals surface area contributed by atoms with Crippen molar-refractivity contribution in [1.29, 1.82) is 0 Å². The third-order valence-electron chi connectivity index (χ3n) is 7.06. The molecule has 2 aromatic carbocycles. The van der Waals surface area contributed by atoms with Gasteiger partial charge in [0.15, 0.2) is 18.2 Å². The van der Waals surface area contributed by atoms with Gasteiger partial charge in [-0.1, -0.05) is 23.7 Å². The number of piperidine rings is 1. The standard InChI is InChI=1S/C28H29ClF2N4O2/c1-16(2)35-24-13-19(12-23(31)28(24)37-15-26(35)36)27-21(29)14-32-25(33-27)11-17-4-5-20(22(30)10-17)18-6-8-34(3)9-7-18/h4-5,10,12-14,16,18H,6-9,11,15H2,1-3H3. The fourth-order valence-corrected chi connectivity index (χ4v) is 5.35. The maximum atomic E-state index is 15.0. The van der Waals surface area contributed by atoms with E-state index in [1.54, 1.807) is 12.1 Å². The van der Waals surface area contributed by atoms with Gasteiger partial charge in [0.1, 0.15) is 11.6 Å². The minimum atomic E-state index is -0.603. The first-order chi connectivity index (χ1) is 17.7. The van der Waals surface area contributed by atoms with Crippen molar-refractivity contribution in [3.05, 3.63) is 70.1 Å². The van der Waals surface area contributed by atoms with E-state index >= 15 is 8.78 Å². The molecular formula is C28H29ClF2N4O2. The van der Waals surface area contributed by atoms with Crippen LogP contribution >= 0.6 is 11.6 Å². The highest BCUT2D eigenvalue weighted by Gasteiger charge is 2.31. The van der Waals surface area contributed by atoms with E-state index in [-0.39, 0.29) is 41.1 Å². The van der Waals surface area contributed by atoms with Crippen LogP contribution in [0.25, 0.3) is 11.3 Å². The minimum Gasteiger partial charge on any atom is -0.478 e. The molecule has 0 radical (unpaired) electrons. The molecular weight excluding hydrogens is 498 g/mol. The lowest BCUT2D eigenvalue weighted by Gasteiger charge is -2.33. The smallest absolute Gasteiger partial charge is 0.265 e. The number of ether oxygens (including phenoxy) is 1. The van der Waals surface area contributed by atoms with Crippen LogP contribution in [0.3, 0.4) is 0 Å². The van der Waals surface area contributed by atoms with Crippen LogP contribution in [-0.2, 0) is 11.2 Å². The van der Waals surface area contributed by atoms with E-state index in [0.717, 1.165) is 37.1 Å². The van der Waals surface area contributed by atoms with Gasteiger partial charge in [-0.05, 0) is 82.1 Å². The number of amides is 1. The molecule has 2 aliphatic rings. The summed E-state index contributed by atoms with van der Waals surface area (Å²) in [5.74, 6) is -0.382. The lowest BCUT2D eigenvalue weighted by atomic mass is 9.88. The van der Waals surface area contributed by atoms with Crippen molar-refractivity contribution in [2.45, 2.75) is 45.1 Å². The van der Waals surface area contributed by atoms with Gasteiger partial charge in [-0.3, -0.25) is 4.79 Å². The lowest BCUT2D eigenvalue weighted by molar-refractivity contribution is -0.121. The number of likely N-dealkylation sites (tertiary alicyclic amines) is 1. The zero-order chi connectivity index (χ0) is 26.3. The Balaban J connectivity index is 1.43. The van der Waals surface area contributed by atoms with E-state index in [1.807, 2.05) is 26.0 Å². The number of carbonyl (C=O) groups is 1. The summed E-state index contributed by atoms with van der Waals surface area (Å²) in [5.41, 5.74) is 2.56. The van der Waals surface area contributed by atoms with Crippen molar-refractivity contribution >= 4 is 23.2 Å². The van der Waals surface area contributed by atoms with Crippen molar-refractivity contribution in [1.82, 2.24) is 14.9 Å². The molecule has 5 rings (SSSR count). The maximum Gasteiger partial charge on any atom is 0.265 e. The lowest BCUT2D eigenvalue weighted by Crippen LogP contribution is -2.43. The normalized spacial score (nSPS) is 16.7. The van der Waals surface area contributed by atoms with Crippen LogP contribution in [0.2, 0.25) is 5.02 Å². The molecule has 0 unspecified atom stereocenters. The number of carbonyl (C=O) groups excluding carboxylic acids is 1. The van der Waals surface area contributed by atoms with E-state index in [4.69, 9.17) is 16.3 Å². The summed E-state index contributed by atoms with van der Waals surface area (Å²) < 4.78 is 35.4. The van der Waals surface area contributed by atoms with Crippen molar-refractivity contribution in [2.75, 3.05) is 31.6 Å². The number of nitrogens with zero attached hydrogens (tertiary/aromatic N) is 4. The van der Waals surface area contributed by atoms with E-state index in [9.17, 15) is 4.79 Å². The fourth-order valence-electron chi connectivity index (χ4n) is 5.15. The molecule has 0 aliphatic carbocycles. The van der Waals surface area contributed by atoms with Crippen LogP contribution in [0.15, 0.2) is 36.5 Å². The predicted molar refractivity (Wildman–Crippen MR) is 139 cm³/mol. The molecule has 6 nitrogen and oxygen atoms in total. The summed E-state index contributed by atoms with van der Waals surface area (Å²) in [6.07, 6.45) is 3.64. The first-order valence-electron chi connectivity index (χ1n) is 12.5. The molecule has 2 aliphatic heterocycles. The quantitative estimate of drug-likeness (QED) is 0.432. The molecule has 0 atom stereocenters. The fraction of sp³-hybridized carbons (Fsp3) is 0.393. The Morgan fingerprint density at radius 2 is 1.89 bits per heavy atom. The molecule has 3 heterocycles. The monoisotopic (exact) mass is 526 g/mol. The summed E-state index contributed by atoms with van der Waals surface area (Å²) in [4.78, 5) is 25.1. The first kappa shape index (κ1) is 25.5. The SMILES string of the molecule is CC(C)N1C(=O)COc2c(F)cc(-c3nc(Cc4ccc(C5CCN(C)CC5)c(F)c4)ncc3Cl)cc21. The molecule has 1 fully saturated rings. The summed E-state index contributed by atoms with van der Waals surface area (Å²) in [5, 5.41) is 0.242. The van der Waals surface area contributed by atoms with Gasteiger partial charge in [0.25, 0.3) is 5.91 Å². The molecule has 0 bridgehead atoms. The Hall–Kier alpha value is -3.10. The van der Waals surface area contributed by atoms with Crippen LogP contribution in [-0.4, -0.2) is 53.6 Å². The molecule has 194 valence electrons. The van der Waals surface area contributed by atoms with Gasteiger partial charge in [-0.25, -0.2) is 18.7 Å². The molecule has 3 aromatic rings. The van der Waals surface area contributed by atoms with Gasteiger partial charge in [0, 0.05) is 24.2 Å². The number of rotatable bonds is 5. The van der Waals surface area contributed by atoms with Gasteiger partial charge in [0.05, 0.1) is 16.4 Å². The largest absolute Gasteiger partial charge is 0.478 e. The highest BCUT2D eigenvalue weighted by atomic mass is 35.5. The molecule has 0 N–H and O–H groups in total. The van der Waals surface area contributed by atoms with Gasteiger partial charge in [-0.2, -0.15) is 0 Å². The third kappa shape index (κ3) is 5.18. The van der Waals surface area contributed by atoms with Crippen LogP contribution in [0, 0.1) is 11.6 Å². The van der Waals surface area contributed by atoms with Crippen molar-refractivity contribution in [3.63, 3.8) is 0 Å². The number of benzene rings is 2. The number of anilines is 1. The zero-order valence-electron chi connectivity index (χ0n) is 21.1. The zero-order valence-corrected chi connectivity index (χ0v) is 21.9. The molecule has 37 heavy (non-hydrogen) atoms. The Labute approximate surface area is 220 Å². The summed E-state index contributed by atoms with van der Waals surface area (Å²) in [6, 6.07) is 8.09. The van der Waals surface area contributed by atoms with E-state index in [2.05, 4.69) is 21.9 Å². The van der Waals surface area contributed by atoms with Crippen molar-refractivity contribution in [2.24, 2.45) is 0 Å². The Morgan fingerprint density at radius 1 is 1.14 bits per heavy atom. The maximum absolute atomic E-state index is 15.0. The topological polar surface area (TPSA) is 58.6 Å². The number of hydrogen-bond acceptors (Lipinski definition) is 5. The van der Waals surface area contributed by atoms with Crippen LogP contribution in [0.5, 0.6) is 5.75 Å². The molecule has 0 saturated carbocycles. The molecule has 0 spiro atoms. The minimum absolute atomic E-state index is 0.0302. The number of fused-ring (bicyclic) bond motifs is 1. The molecule has 1 saturated heterocycles. The number of aromatic nitrogens is 2. The van der Waals surface area contributed by atoms with Gasteiger partial charge >= 0.3 is 0 Å².